The fourth-order valence-electron chi connectivity index (χ4n) is 3.02. The Morgan fingerprint density at radius 1 is 1.28 bits per heavy atom. The van der Waals surface area contributed by atoms with Crippen molar-refractivity contribution in [1.82, 2.24) is 5.32 Å². The van der Waals surface area contributed by atoms with E-state index in [0.29, 0.717) is 5.92 Å². The van der Waals surface area contributed by atoms with E-state index in [1.165, 1.54) is 25.7 Å². The van der Waals surface area contributed by atoms with E-state index in [1.807, 2.05) is 13.1 Å². The summed E-state index contributed by atoms with van der Waals surface area (Å²) in [5.41, 5.74) is 0.798. The minimum Gasteiger partial charge on any atom is -0.313 e. The van der Waals surface area contributed by atoms with E-state index in [2.05, 4.69) is 28.2 Å². The number of hydrogen-bond donors (Lipinski definition) is 1. The van der Waals surface area contributed by atoms with Crippen LogP contribution in [-0.2, 0) is 0 Å². The van der Waals surface area contributed by atoms with Gasteiger partial charge >= 0.3 is 0 Å². The second-order valence-corrected chi connectivity index (χ2v) is 6.37. The van der Waals surface area contributed by atoms with Crippen LogP contribution in [0.15, 0.2) is 22.7 Å². The van der Waals surface area contributed by atoms with Crippen molar-refractivity contribution in [2.45, 2.75) is 38.6 Å². The Labute approximate surface area is 117 Å². The molecule has 0 amide bonds. The van der Waals surface area contributed by atoms with Gasteiger partial charge in [0.05, 0.1) is 0 Å². The van der Waals surface area contributed by atoms with Crippen LogP contribution < -0.4 is 5.32 Å². The van der Waals surface area contributed by atoms with Gasteiger partial charge in [-0.05, 0) is 49.9 Å². The molecular weight excluding hydrogens is 293 g/mol. The van der Waals surface area contributed by atoms with Crippen molar-refractivity contribution in [1.29, 1.82) is 0 Å². The molecule has 0 aromatic heterocycles. The van der Waals surface area contributed by atoms with Gasteiger partial charge in [0.15, 0.2) is 0 Å². The third-order valence-corrected chi connectivity index (χ3v) is 4.63. The van der Waals surface area contributed by atoms with E-state index in [1.54, 1.807) is 12.1 Å². The predicted molar refractivity (Wildman–Crippen MR) is 77.0 cm³/mol. The normalized spacial score (nSPS) is 26.0. The van der Waals surface area contributed by atoms with Crippen molar-refractivity contribution >= 4 is 15.9 Å². The first-order valence-electron chi connectivity index (χ1n) is 6.74. The fraction of sp³-hybridized carbons (Fsp3) is 0.600. The Hall–Kier alpha value is -0.410. The SMILES string of the molecule is CNC(c1cc(Br)ccc1F)C1CCC(C)CC1. The average molecular weight is 314 g/mol. The van der Waals surface area contributed by atoms with E-state index in [0.717, 1.165) is 16.0 Å². The van der Waals surface area contributed by atoms with Crippen molar-refractivity contribution in [2.75, 3.05) is 7.05 Å². The van der Waals surface area contributed by atoms with Gasteiger partial charge in [-0.1, -0.05) is 35.7 Å². The van der Waals surface area contributed by atoms with E-state index < -0.39 is 0 Å². The minimum atomic E-state index is -0.101. The molecule has 1 aromatic rings. The fourth-order valence-corrected chi connectivity index (χ4v) is 3.40. The zero-order valence-electron chi connectivity index (χ0n) is 11.0. The van der Waals surface area contributed by atoms with Crippen molar-refractivity contribution in [3.8, 4) is 0 Å². The molecule has 100 valence electrons. The smallest absolute Gasteiger partial charge is 0.128 e. The highest BCUT2D eigenvalue weighted by atomic mass is 79.9. The number of nitrogens with one attached hydrogen (secondary N) is 1. The van der Waals surface area contributed by atoms with Crippen LogP contribution in [-0.4, -0.2) is 7.05 Å². The van der Waals surface area contributed by atoms with Crippen LogP contribution in [0.25, 0.3) is 0 Å². The first-order valence-corrected chi connectivity index (χ1v) is 7.53. The molecule has 3 heteroatoms. The van der Waals surface area contributed by atoms with Crippen LogP contribution in [0.2, 0.25) is 0 Å². The lowest BCUT2D eigenvalue weighted by Crippen LogP contribution is -2.29. The van der Waals surface area contributed by atoms with E-state index in [4.69, 9.17) is 0 Å². The summed E-state index contributed by atoms with van der Waals surface area (Å²) in [6, 6.07) is 5.35. The van der Waals surface area contributed by atoms with Gasteiger partial charge in [0.2, 0.25) is 0 Å². The predicted octanol–water partition coefficient (Wildman–Crippen LogP) is 4.68. The molecule has 2 rings (SSSR count). The highest BCUT2D eigenvalue weighted by Gasteiger charge is 2.27. The maximum atomic E-state index is 14.0. The molecule has 0 radical (unpaired) electrons. The van der Waals surface area contributed by atoms with Gasteiger partial charge in [-0.2, -0.15) is 0 Å². The summed E-state index contributed by atoms with van der Waals surface area (Å²) >= 11 is 3.43. The van der Waals surface area contributed by atoms with Crippen molar-refractivity contribution in [3.05, 3.63) is 34.1 Å². The summed E-state index contributed by atoms with van der Waals surface area (Å²) in [6.07, 6.45) is 4.91. The quantitative estimate of drug-likeness (QED) is 0.854. The van der Waals surface area contributed by atoms with Gasteiger partial charge < -0.3 is 5.32 Å². The molecular formula is C15H21BrFN. The maximum absolute atomic E-state index is 14.0. The Kier molecular flexibility index (Phi) is 4.79. The molecule has 1 atom stereocenters. The van der Waals surface area contributed by atoms with Gasteiger partial charge in [0.25, 0.3) is 0 Å². The van der Waals surface area contributed by atoms with Crippen molar-refractivity contribution in [2.24, 2.45) is 11.8 Å². The van der Waals surface area contributed by atoms with Crippen molar-refractivity contribution < 1.29 is 4.39 Å². The standard InChI is InChI=1S/C15H21BrFN/c1-10-3-5-11(6-4-10)15(18-2)13-9-12(16)7-8-14(13)17/h7-11,15,18H,3-6H2,1-2H3. The summed E-state index contributed by atoms with van der Waals surface area (Å²) in [6.45, 7) is 2.31. The van der Waals surface area contributed by atoms with Crippen LogP contribution in [0.1, 0.15) is 44.2 Å². The van der Waals surface area contributed by atoms with Crippen LogP contribution >= 0.6 is 15.9 Å². The topological polar surface area (TPSA) is 12.0 Å². The summed E-state index contributed by atoms with van der Waals surface area (Å²) < 4.78 is 14.9. The Bertz CT molecular complexity index is 399. The molecule has 0 bridgehead atoms. The molecule has 1 aliphatic carbocycles. The second kappa shape index (κ2) is 6.16. The molecule has 1 nitrogen and oxygen atoms in total. The van der Waals surface area contributed by atoms with Gasteiger partial charge in [-0.3, -0.25) is 0 Å². The molecule has 0 heterocycles. The lowest BCUT2D eigenvalue weighted by atomic mass is 9.77. The van der Waals surface area contributed by atoms with Gasteiger partial charge in [0, 0.05) is 16.1 Å². The Balaban J connectivity index is 2.19. The molecule has 1 unspecified atom stereocenters. The summed E-state index contributed by atoms with van der Waals surface area (Å²) in [5.74, 6) is 1.28. The molecule has 18 heavy (non-hydrogen) atoms. The third-order valence-electron chi connectivity index (χ3n) is 4.14. The summed E-state index contributed by atoms with van der Waals surface area (Å²) in [5, 5.41) is 3.31. The van der Waals surface area contributed by atoms with Crippen molar-refractivity contribution in [3.63, 3.8) is 0 Å². The molecule has 0 aliphatic heterocycles. The lowest BCUT2D eigenvalue weighted by molar-refractivity contribution is 0.235. The number of hydrogen-bond acceptors (Lipinski definition) is 1. The zero-order chi connectivity index (χ0) is 13.1. The number of benzene rings is 1. The Morgan fingerprint density at radius 3 is 2.56 bits per heavy atom. The molecule has 1 aromatic carbocycles. The summed E-state index contributed by atoms with van der Waals surface area (Å²) in [4.78, 5) is 0. The van der Waals surface area contributed by atoms with E-state index in [-0.39, 0.29) is 11.9 Å². The molecule has 0 saturated heterocycles. The molecule has 1 N–H and O–H groups in total. The Morgan fingerprint density at radius 2 is 1.94 bits per heavy atom. The zero-order valence-corrected chi connectivity index (χ0v) is 12.6. The highest BCUT2D eigenvalue weighted by Crippen LogP contribution is 2.37. The monoisotopic (exact) mass is 313 g/mol. The maximum Gasteiger partial charge on any atom is 0.128 e. The van der Waals surface area contributed by atoms with Gasteiger partial charge in [-0.25, -0.2) is 4.39 Å². The summed E-state index contributed by atoms with van der Waals surface area (Å²) in [7, 11) is 1.93. The first-order chi connectivity index (χ1) is 8.61. The number of halogens is 2. The molecule has 1 fully saturated rings. The third kappa shape index (κ3) is 3.12. The molecule has 0 spiro atoms. The lowest BCUT2D eigenvalue weighted by Gasteiger charge is -2.33. The largest absolute Gasteiger partial charge is 0.313 e. The van der Waals surface area contributed by atoms with Gasteiger partial charge in [0.1, 0.15) is 5.82 Å². The molecule has 1 saturated carbocycles. The van der Waals surface area contributed by atoms with Crippen LogP contribution in [0.4, 0.5) is 4.39 Å². The molecule has 1 aliphatic rings. The average Bonchev–Trinajstić information content (AvgIpc) is 2.37. The number of rotatable bonds is 3. The van der Waals surface area contributed by atoms with Gasteiger partial charge in [-0.15, -0.1) is 0 Å². The van der Waals surface area contributed by atoms with E-state index in [9.17, 15) is 4.39 Å². The second-order valence-electron chi connectivity index (χ2n) is 5.45. The minimum absolute atomic E-state index is 0.101. The highest BCUT2D eigenvalue weighted by molar-refractivity contribution is 9.10. The first kappa shape index (κ1) is 14.0. The van der Waals surface area contributed by atoms with Crippen LogP contribution in [0.3, 0.4) is 0 Å². The van der Waals surface area contributed by atoms with Crippen LogP contribution in [0, 0.1) is 17.7 Å². The van der Waals surface area contributed by atoms with Crippen LogP contribution in [0.5, 0.6) is 0 Å². The van der Waals surface area contributed by atoms with E-state index >= 15 is 0 Å².